The van der Waals surface area contributed by atoms with Crippen LogP contribution < -0.4 is 11.3 Å². The fraction of sp³-hybridized carbons (Fsp3) is 0.278. The third-order valence-corrected chi connectivity index (χ3v) is 4.02. The lowest BCUT2D eigenvalue weighted by Crippen LogP contribution is -2.55. The van der Waals surface area contributed by atoms with Gasteiger partial charge in [0.2, 0.25) is 0 Å². The number of hydrazine groups is 1. The van der Waals surface area contributed by atoms with Gasteiger partial charge in [-0.05, 0) is 42.3 Å². The normalized spacial score (nSPS) is 13.8. The number of alkyl halides is 3. The van der Waals surface area contributed by atoms with E-state index in [1.165, 1.54) is 37.3 Å². The Kier molecular flexibility index (Phi) is 5.97. The third-order valence-electron chi connectivity index (χ3n) is 4.02. The number of ether oxygens (including phenoxy) is 1. The SMILES string of the molecule is C[C@@](Cc1ccc(O)c(O)c1)(NN)C(=O)OCc1ccc(C(F)(F)F)cc1. The van der Waals surface area contributed by atoms with E-state index in [4.69, 9.17) is 10.6 Å². The molecule has 0 aromatic heterocycles. The molecule has 2 aromatic rings. The molecule has 0 amide bonds. The van der Waals surface area contributed by atoms with Crippen LogP contribution in [-0.2, 0) is 28.7 Å². The largest absolute Gasteiger partial charge is 0.504 e. The Hall–Kier alpha value is -2.78. The van der Waals surface area contributed by atoms with Crippen molar-refractivity contribution in [1.29, 1.82) is 0 Å². The quantitative estimate of drug-likeness (QED) is 0.264. The number of rotatable bonds is 6. The molecule has 0 spiro atoms. The van der Waals surface area contributed by atoms with Gasteiger partial charge >= 0.3 is 12.1 Å². The number of esters is 1. The summed E-state index contributed by atoms with van der Waals surface area (Å²) in [5.41, 5.74) is 1.11. The van der Waals surface area contributed by atoms with E-state index < -0.39 is 23.2 Å². The second-order valence-electron chi connectivity index (χ2n) is 6.25. The molecule has 0 aliphatic carbocycles. The van der Waals surface area contributed by atoms with Crippen LogP contribution in [0.2, 0.25) is 0 Å². The molecule has 6 nitrogen and oxygen atoms in total. The first-order valence-electron chi connectivity index (χ1n) is 7.87. The molecular weight excluding hydrogens is 365 g/mol. The fourth-order valence-corrected chi connectivity index (χ4v) is 2.37. The fourth-order valence-electron chi connectivity index (χ4n) is 2.37. The predicted octanol–water partition coefficient (Wildman–Crippen LogP) is 2.62. The first-order chi connectivity index (χ1) is 12.5. The zero-order valence-electron chi connectivity index (χ0n) is 14.4. The second-order valence-corrected chi connectivity index (χ2v) is 6.25. The van der Waals surface area contributed by atoms with Crippen LogP contribution in [0.4, 0.5) is 13.2 Å². The number of nitrogens with one attached hydrogen (secondary N) is 1. The van der Waals surface area contributed by atoms with Gasteiger partial charge in [-0.25, -0.2) is 10.2 Å². The number of benzene rings is 2. The maximum Gasteiger partial charge on any atom is 0.416 e. The van der Waals surface area contributed by atoms with E-state index in [1.807, 2.05) is 0 Å². The molecule has 0 saturated carbocycles. The Morgan fingerprint density at radius 2 is 1.67 bits per heavy atom. The zero-order chi connectivity index (χ0) is 20.2. The maximum atomic E-state index is 12.6. The molecule has 2 aromatic carbocycles. The number of carbonyl (C=O) groups excluding carboxylic acids is 1. The molecule has 0 fully saturated rings. The van der Waals surface area contributed by atoms with E-state index in [2.05, 4.69) is 5.43 Å². The lowest BCUT2D eigenvalue weighted by Gasteiger charge is -2.26. The van der Waals surface area contributed by atoms with Crippen molar-refractivity contribution in [3.63, 3.8) is 0 Å². The van der Waals surface area contributed by atoms with E-state index in [9.17, 15) is 28.2 Å². The van der Waals surface area contributed by atoms with Crippen LogP contribution in [0.3, 0.4) is 0 Å². The number of phenols is 2. The highest BCUT2D eigenvalue weighted by molar-refractivity contribution is 5.80. The first kappa shape index (κ1) is 20.5. The van der Waals surface area contributed by atoms with Crippen LogP contribution in [0.1, 0.15) is 23.6 Å². The maximum absolute atomic E-state index is 12.6. The van der Waals surface area contributed by atoms with Crippen molar-refractivity contribution >= 4 is 5.97 Å². The molecular formula is C18H19F3N2O4. The van der Waals surface area contributed by atoms with Gasteiger partial charge in [0.25, 0.3) is 0 Å². The van der Waals surface area contributed by atoms with Crippen LogP contribution in [0.5, 0.6) is 11.5 Å². The Morgan fingerprint density at radius 1 is 1.07 bits per heavy atom. The Bertz CT molecular complexity index is 809. The van der Waals surface area contributed by atoms with Gasteiger partial charge < -0.3 is 14.9 Å². The van der Waals surface area contributed by atoms with Gasteiger partial charge in [-0.1, -0.05) is 18.2 Å². The summed E-state index contributed by atoms with van der Waals surface area (Å²) < 4.78 is 42.8. The second kappa shape index (κ2) is 7.85. The molecule has 9 heteroatoms. The minimum absolute atomic E-state index is 0.0448. The van der Waals surface area contributed by atoms with Crippen LogP contribution in [-0.4, -0.2) is 21.7 Å². The summed E-state index contributed by atoms with van der Waals surface area (Å²) in [5.74, 6) is 4.11. The van der Waals surface area contributed by atoms with E-state index in [0.717, 1.165) is 12.1 Å². The van der Waals surface area contributed by atoms with Crippen LogP contribution in [0.15, 0.2) is 42.5 Å². The summed E-state index contributed by atoms with van der Waals surface area (Å²) in [5, 5.41) is 18.9. The van der Waals surface area contributed by atoms with E-state index in [-0.39, 0.29) is 24.5 Å². The Labute approximate surface area is 153 Å². The van der Waals surface area contributed by atoms with Gasteiger partial charge in [-0.3, -0.25) is 5.84 Å². The summed E-state index contributed by atoms with van der Waals surface area (Å²) in [6.07, 6.45) is -4.39. The van der Waals surface area contributed by atoms with Gasteiger partial charge in [-0.15, -0.1) is 0 Å². The van der Waals surface area contributed by atoms with Crippen molar-refractivity contribution in [2.45, 2.75) is 31.7 Å². The highest BCUT2D eigenvalue weighted by atomic mass is 19.4. The van der Waals surface area contributed by atoms with Crippen molar-refractivity contribution in [2.24, 2.45) is 5.84 Å². The zero-order valence-corrected chi connectivity index (χ0v) is 14.4. The average molecular weight is 384 g/mol. The van der Waals surface area contributed by atoms with Gasteiger partial charge in [-0.2, -0.15) is 13.2 Å². The molecule has 0 saturated heterocycles. The average Bonchev–Trinajstić information content (AvgIpc) is 2.62. The summed E-state index contributed by atoms with van der Waals surface area (Å²) >= 11 is 0. The molecule has 146 valence electrons. The molecule has 0 unspecified atom stereocenters. The summed E-state index contributed by atoms with van der Waals surface area (Å²) in [6.45, 7) is 1.25. The van der Waals surface area contributed by atoms with Crippen molar-refractivity contribution in [3.05, 3.63) is 59.2 Å². The van der Waals surface area contributed by atoms with Crippen molar-refractivity contribution < 1.29 is 32.9 Å². The molecule has 27 heavy (non-hydrogen) atoms. The predicted molar refractivity (Wildman–Crippen MR) is 90.4 cm³/mol. The number of halogens is 3. The van der Waals surface area contributed by atoms with Gasteiger partial charge in [0.1, 0.15) is 12.1 Å². The first-order valence-corrected chi connectivity index (χ1v) is 7.87. The molecule has 0 heterocycles. The molecule has 0 bridgehead atoms. The topological polar surface area (TPSA) is 105 Å². The standard InChI is InChI=1S/C18H19F3N2O4/c1-17(23-22,9-12-4-7-14(24)15(25)8-12)16(26)27-10-11-2-5-13(6-3-11)18(19,20)21/h2-8,23-25H,9-10,22H2,1H3/t17-/m0/s1. The number of nitrogens with two attached hydrogens (primary N) is 1. The van der Waals surface area contributed by atoms with Crippen molar-refractivity contribution in [3.8, 4) is 11.5 Å². The van der Waals surface area contributed by atoms with E-state index in [0.29, 0.717) is 11.1 Å². The van der Waals surface area contributed by atoms with E-state index in [1.54, 1.807) is 0 Å². The molecule has 0 aliphatic rings. The summed E-state index contributed by atoms with van der Waals surface area (Å²) in [7, 11) is 0. The van der Waals surface area contributed by atoms with E-state index >= 15 is 0 Å². The van der Waals surface area contributed by atoms with Gasteiger partial charge in [0, 0.05) is 6.42 Å². The smallest absolute Gasteiger partial charge is 0.416 e. The van der Waals surface area contributed by atoms with Crippen molar-refractivity contribution in [2.75, 3.05) is 0 Å². The number of hydrogen-bond acceptors (Lipinski definition) is 6. The molecule has 5 N–H and O–H groups in total. The van der Waals surface area contributed by atoms with Gasteiger partial charge in [0.05, 0.1) is 5.56 Å². The van der Waals surface area contributed by atoms with Crippen LogP contribution in [0, 0.1) is 0 Å². The summed E-state index contributed by atoms with van der Waals surface area (Å²) in [4.78, 5) is 12.4. The number of phenolic OH excluding ortho intramolecular Hbond substituents is 2. The lowest BCUT2D eigenvalue weighted by atomic mass is 9.93. The number of aromatic hydroxyl groups is 2. The molecule has 0 aliphatic heterocycles. The number of hydrogen-bond donors (Lipinski definition) is 4. The minimum atomic E-state index is -4.44. The molecule has 0 radical (unpaired) electrons. The highest BCUT2D eigenvalue weighted by Crippen LogP contribution is 2.29. The Balaban J connectivity index is 2.04. The molecule has 2 rings (SSSR count). The monoisotopic (exact) mass is 384 g/mol. The third kappa shape index (κ3) is 5.11. The van der Waals surface area contributed by atoms with Crippen molar-refractivity contribution in [1.82, 2.24) is 5.43 Å². The van der Waals surface area contributed by atoms with Crippen LogP contribution in [0.25, 0.3) is 0 Å². The molecule has 1 atom stereocenters. The lowest BCUT2D eigenvalue weighted by molar-refractivity contribution is -0.152. The van der Waals surface area contributed by atoms with Crippen LogP contribution >= 0.6 is 0 Å². The van der Waals surface area contributed by atoms with Gasteiger partial charge in [0.15, 0.2) is 11.5 Å². The minimum Gasteiger partial charge on any atom is -0.504 e. The highest BCUT2D eigenvalue weighted by Gasteiger charge is 2.34. The summed E-state index contributed by atoms with van der Waals surface area (Å²) in [6, 6.07) is 8.32. The number of carbonyl (C=O) groups is 1. The Morgan fingerprint density at radius 3 is 2.19 bits per heavy atom.